The summed E-state index contributed by atoms with van der Waals surface area (Å²) in [7, 11) is -3.60. The van der Waals surface area contributed by atoms with Gasteiger partial charge in [-0.15, -0.1) is 0 Å². The van der Waals surface area contributed by atoms with Crippen LogP contribution in [0, 0.1) is 0 Å². The minimum absolute atomic E-state index is 0.226. The number of hydrogen-bond donors (Lipinski definition) is 1. The zero-order valence-electron chi connectivity index (χ0n) is 13.5. The SMILES string of the molecule is O=S1(=O)NC(=NC(c2cccc(Cl)c2)c2ccccn2)c2ccccc21. The van der Waals surface area contributed by atoms with Crippen LogP contribution in [0.4, 0.5) is 0 Å². The van der Waals surface area contributed by atoms with Crippen molar-refractivity contribution in [3.8, 4) is 0 Å². The normalized spacial score (nSPS) is 17.5. The third-order valence-electron chi connectivity index (χ3n) is 4.05. The molecule has 1 unspecified atom stereocenters. The van der Waals surface area contributed by atoms with Gasteiger partial charge in [-0.2, -0.15) is 0 Å². The first-order valence-corrected chi connectivity index (χ1v) is 9.77. The molecule has 0 amide bonds. The molecule has 0 radical (unpaired) electrons. The zero-order chi connectivity index (χ0) is 18.1. The standard InChI is InChI=1S/C19H14ClN3O2S/c20-14-7-5-6-13(12-14)18(16-9-3-4-11-21-16)22-19-15-8-1-2-10-17(15)26(24,25)23-19/h1-12,18H,(H,22,23). The van der Waals surface area contributed by atoms with Crippen LogP contribution in [0.25, 0.3) is 0 Å². The second-order valence-electron chi connectivity index (χ2n) is 5.79. The van der Waals surface area contributed by atoms with Crippen molar-refractivity contribution in [1.29, 1.82) is 0 Å². The van der Waals surface area contributed by atoms with E-state index in [1.807, 2.05) is 30.3 Å². The summed E-state index contributed by atoms with van der Waals surface area (Å²) in [6.07, 6.45) is 1.68. The zero-order valence-corrected chi connectivity index (χ0v) is 15.1. The molecule has 1 N–H and O–H groups in total. The predicted molar refractivity (Wildman–Crippen MR) is 101 cm³/mol. The van der Waals surface area contributed by atoms with Crippen LogP contribution in [0.2, 0.25) is 5.02 Å². The van der Waals surface area contributed by atoms with Crippen LogP contribution in [0.5, 0.6) is 0 Å². The fraction of sp³-hybridized carbons (Fsp3) is 0.0526. The van der Waals surface area contributed by atoms with Gasteiger partial charge in [-0.1, -0.05) is 41.9 Å². The van der Waals surface area contributed by atoms with Crippen molar-refractivity contribution in [1.82, 2.24) is 9.71 Å². The number of sulfonamides is 1. The molecular weight excluding hydrogens is 370 g/mol. The summed E-state index contributed by atoms with van der Waals surface area (Å²) in [6.45, 7) is 0. The van der Waals surface area contributed by atoms with Crippen LogP contribution in [-0.4, -0.2) is 19.2 Å². The largest absolute Gasteiger partial charge is 0.263 e. The molecule has 0 bridgehead atoms. The van der Waals surface area contributed by atoms with E-state index in [1.54, 1.807) is 42.6 Å². The van der Waals surface area contributed by atoms with Crippen molar-refractivity contribution in [2.24, 2.45) is 4.99 Å². The van der Waals surface area contributed by atoms with Gasteiger partial charge < -0.3 is 0 Å². The number of nitrogens with zero attached hydrogens (tertiary/aromatic N) is 2. The Hall–Kier alpha value is -2.70. The van der Waals surface area contributed by atoms with E-state index in [0.717, 1.165) is 5.56 Å². The monoisotopic (exact) mass is 383 g/mol. The number of rotatable bonds is 3. The van der Waals surface area contributed by atoms with Crippen molar-refractivity contribution in [2.75, 3.05) is 0 Å². The Morgan fingerprint density at radius 1 is 1.00 bits per heavy atom. The lowest BCUT2D eigenvalue weighted by Crippen LogP contribution is -2.23. The molecule has 0 fully saturated rings. The highest BCUT2D eigenvalue weighted by Gasteiger charge is 2.31. The quantitative estimate of drug-likeness (QED) is 0.751. The Morgan fingerprint density at radius 3 is 2.58 bits per heavy atom. The molecule has 2 aromatic carbocycles. The molecule has 7 heteroatoms. The number of halogens is 1. The third-order valence-corrected chi connectivity index (χ3v) is 5.69. The average molecular weight is 384 g/mol. The molecular formula is C19H14ClN3O2S. The van der Waals surface area contributed by atoms with Gasteiger partial charge in [0.05, 0.1) is 10.6 Å². The molecule has 0 saturated heterocycles. The molecule has 0 saturated carbocycles. The lowest BCUT2D eigenvalue weighted by atomic mass is 10.0. The van der Waals surface area contributed by atoms with E-state index in [2.05, 4.69) is 9.71 Å². The van der Waals surface area contributed by atoms with Crippen molar-refractivity contribution in [3.05, 3.63) is 94.8 Å². The molecule has 1 aliphatic heterocycles. The van der Waals surface area contributed by atoms with Crippen LogP contribution < -0.4 is 4.72 Å². The summed E-state index contributed by atoms with van der Waals surface area (Å²) in [5.41, 5.74) is 2.08. The van der Waals surface area contributed by atoms with Crippen LogP contribution >= 0.6 is 11.6 Å². The number of aromatic nitrogens is 1. The summed E-state index contributed by atoms with van der Waals surface area (Å²) >= 11 is 6.14. The van der Waals surface area contributed by atoms with Gasteiger partial charge in [-0.25, -0.2) is 8.42 Å². The Bertz CT molecular complexity index is 1100. The Labute approximate surface area is 156 Å². The molecule has 26 heavy (non-hydrogen) atoms. The molecule has 5 nitrogen and oxygen atoms in total. The van der Waals surface area contributed by atoms with Crippen LogP contribution in [0.15, 0.2) is 82.8 Å². The summed E-state index contributed by atoms with van der Waals surface area (Å²) in [5, 5.41) is 0.580. The minimum atomic E-state index is -3.60. The second-order valence-corrected chi connectivity index (χ2v) is 7.88. The summed E-state index contributed by atoms with van der Waals surface area (Å²) in [6, 6.07) is 19.1. The third kappa shape index (κ3) is 3.09. The van der Waals surface area contributed by atoms with Crippen molar-refractivity contribution >= 4 is 27.5 Å². The second kappa shape index (κ2) is 6.55. The summed E-state index contributed by atoms with van der Waals surface area (Å²) in [5.74, 6) is 0.302. The maximum absolute atomic E-state index is 12.3. The van der Waals surface area contributed by atoms with Gasteiger partial charge >= 0.3 is 0 Å². The fourth-order valence-corrected chi connectivity index (χ4v) is 4.32. The van der Waals surface area contributed by atoms with Gasteiger partial charge in [-0.3, -0.25) is 14.7 Å². The van der Waals surface area contributed by atoms with Gasteiger partial charge in [0.25, 0.3) is 10.0 Å². The number of amidine groups is 1. The molecule has 2 heterocycles. The number of aliphatic imine (C=N–C) groups is 1. The maximum atomic E-state index is 12.3. The van der Waals surface area contributed by atoms with Gasteiger partial charge in [-0.05, 0) is 42.0 Å². The Balaban J connectivity index is 1.88. The average Bonchev–Trinajstić information content (AvgIpc) is 2.91. The van der Waals surface area contributed by atoms with E-state index in [0.29, 0.717) is 22.1 Å². The van der Waals surface area contributed by atoms with Crippen molar-refractivity contribution < 1.29 is 8.42 Å². The number of benzene rings is 2. The summed E-state index contributed by atoms with van der Waals surface area (Å²) in [4.78, 5) is 9.32. The van der Waals surface area contributed by atoms with E-state index in [-0.39, 0.29) is 4.90 Å². The van der Waals surface area contributed by atoms with E-state index < -0.39 is 16.1 Å². The fourth-order valence-electron chi connectivity index (χ4n) is 2.88. The molecule has 1 aliphatic rings. The minimum Gasteiger partial charge on any atom is -0.263 e. The number of nitrogens with one attached hydrogen (secondary N) is 1. The van der Waals surface area contributed by atoms with Crippen molar-refractivity contribution in [3.63, 3.8) is 0 Å². The lowest BCUT2D eigenvalue weighted by Gasteiger charge is -2.14. The van der Waals surface area contributed by atoms with Crippen molar-refractivity contribution in [2.45, 2.75) is 10.9 Å². The number of pyridine rings is 1. The highest BCUT2D eigenvalue weighted by Crippen LogP contribution is 2.30. The highest BCUT2D eigenvalue weighted by molar-refractivity contribution is 7.90. The van der Waals surface area contributed by atoms with Crippen LogP contribution in [-0.2, 0) is 10.0 Å². The molecule has 1 aromatic heterocycles. The topological polar surface area (TPSA) is 71.4 Å². The molecule has 4 rings (SSSR count). The van der Waals surface area contributed by atoms with E-state index >= 15 is 0 Å². The predicted octanol–water partition coefficient (Wildman–Crippen LogP) is 3.56. The smallest absolute Gasteiger partial charge is 0.263 e. The maximum Gasteiger partial charge on any atom is 0.263 e. The Kier molecular flexibility index (Phi) is 4.22. The number of hydrogen-bond acceptors (Lipinski definition) is 4. The van der Waals surface area contributed by atoms with Gasteiger partial charge in [0.2, 0.25) is 0 Å². The van der Waals surface area contributed by atoms with Gasteiger partial charge in [0, 0.05) is 16.8 Å². The van der Waals surface area contributed by atoms with E-state index in [1.165, 1.54) is 0 Å². The molecule has 0 aliphatic carbocycles. The van der Waals surface area contributed by atoms with Gasteiger partial charge in [0.1, 0.15) is 11.9 Å². The Morgan fingerprint density at radius 2 is 1.81 bits per heavy atom. The van der Waals surface area contributed by atoms with E-state index in [4.69, 9.17) is 16.6 Å². The first kappa shape index (κ1) is 16.8. The molecule has 3 aromatic rings. The van der Waals surface area contributed by atoms with Crippen LogP contribution in [0.3, 0.4) is 0 Å². The van der Waals surface area contributed by atoms with Gasteiger partial charge in [0.15, 0.2) is 0 Å². The molecule has 0 spiro atoms. The van der Waals surface area contributed by atoms with Crippen LogP contribution in [0.1, 0.15) is 22.9 Å². The number of fused-ring (bicyclic) bond motifs is 1. The highest BCUT2D eigenvalue weighted by atomic mass is 35.5. The first-order valence-electron chi connectivity index (χ1n) is 7.91. The first-order chi connectivity index (χ1) is 12.5. The van der Waals surface area contributed by atoms with E-state index in [9.17, 15) is 8.42 Å². The lowest BCUT2D eigenvalue weighted by molar-refractivity contribution is 0.595. The molecule has 130 valence electrons. The summed E-state index contributed by atoms with van der Waals surface area (Å²) < 4.78 is 27.2. The molecule has 1 atom stereocenters.